The van der Waals surface area contributed by atoms with Crippen molar-refractivity contribution in [2.45, 2.75) is 239 Å². The van der Waals surface area contributed by atoms with Crippen LogP contribution in [0.15, 0.2) is 109 Å². The fourth-order valence-corrected chi connectivity index (χ4v) is 7.11. The second kappa shape index (κ2) is 53.7. The summed E-state index contributed by atoms with van der Waals surface area (Å²) in [5, 5.41) is 0. The molecule has 6 nitrogen and oxygen atoms in total. The van der Waals surface area contributed by atoms with E-state index in [1.807, 2.05) is 66.8 Å². The monoisotopic (exact) mass is 915 g/mol. The standard InChI is InChI=1S/C60H98O6/c1-4-7-10-13-16-19-22-25-27-29-31-32-35-38-41-44-47-50-53-59(62)65-56-57(55-64-58(61)52-49-46-43-40-37-34-24-21-18-15-12-9-6-3)66-60(63)54-51-48-45-42-39-36-33-30-28-26-23-20-17-14-11-8-5-2/h8,11,14,17,20,23,26,28,30-34,36-37,39,43,46,57H,4-7,9-10,12-13,15-16,18-19,21-22,24-25,27,29,35,38,40-42,44-45,47-56H2,1-3H3/b11-8+,17-14+,23-20+,28-26+,32-31+,33-30+,37-34+,39-36+,46-43+. The molecule has 0 aliphatic carbocycles. The predicted molar refractivity (Wildman–Crippen MR) is 283 cm³/mol. The number of ether oxygens (including phenoxy) is 3. The molecule has 0 aromatic heterocycles. The SMILES string of the molecule is CC/C=C/C=C/C=C/C=C/C=C/C=C/CCCCCC(=O)OC(COC(=O)CC/C=C/C/C=C/CCCCCCCC)COC(=O)CCCCCCC/C=C/CCCCCCCCCCC. The van der Waals surface area contributed by atoms with Gasteiger partial charge in [0.25, 0.3) is 0 Å². The van der Waals surface area contributed by atoms with Crippen LogP contribution in [0.3, 0.4) is 0 Å². The Morgan fingerprint density at radius 1 is 0.333 bits per heavy atom. The van der Waals surface area contributed by atoms with Crippen molar-refractivity contribution in [3.63, 3.8) is 0 Å². The van der Waals surface area contributed by atoms with Crippen molar-refractivity contribution < 1.29 is 28.6 Å². The first kappa shape index (κ1) is 62.1. The molecule has 0 bridgehead atoms. The van der Waals surface area contributed by atoms with E-state index in [2.05, 4.69) is 63.3 Å². The largest absolute Gasteiger partial charge is 0.462 e. The minimum atomic E-state index is -0.829. The van der Waals surface area contributed by atoms with Gasteiger partial charge in [-0.15, -0.1) is 0 Å². The molecule has 0 fully saturated rings. The summed E-state index contributed by atoms with van der Waals surface area (Å²) >= 11 is 0. The molecule has 0 saturated heterocycles. The first-order chi connectivity index (χ1) is 32.5. The van der Waals surface area contributed by atoms with Gasteiger partial charge in [0.1, 0.15) is 13.2 Å². The van der Waals surface area contributed by atoms with Crippen LogP contribution in [-0.4, -0.2) is 37.2 Å². The Balaban J connectivity index is 4.54. The minimum Gasteiger partial charge on any atom is -0.462 e. The third-order valence-corrected chi connectivity index (χ3v) is 11.2. The molecule has 0 aromatic carbocycles. The van der Waals surface area contributed by atoms with E-state index < -0.39 is 6.10 Å². The van der Waals surface area contributed by atoms with Crippen molar-refractivity contribution in [1.29, 1.82) is 0 Å². The minimum absolute atomic E-state index is 0.119. The van der Waals surface area contributed by atoms with Crippen LogP contribution in [0.25, 0.3) is 0 Å². The molecule has 0 aliphatic rings. The number of allylic oxidation sites excluding steroid dienone is 18. The van der Waals surface area contributed by atoms with E-state index in [1.165, 1.54) is 109 Å². The Bertz CT molecular complexity index is 1370. The van der Waals surface area contributed by atoms with Crippen LogP contribution in [0.4, 0.5) is 0 Å². The molecular formula is C60H98O6. The van der Waals surface area contributed by atoms with Gasteiger partial charge in [0, 0.05) is 19.3 Å². The Hall–Kier alpha value is -3.93. The second-order valence-corrected chi connectivity index (χ2v) is 17.5. The first-order valence-electron chi connectivity index (χ1n) is 27.0. The number of esters is 3. The van der Waals surface area contributed by atoms with Crippen molar-refractivity contribution >= 4 is 17.9 Å². The molecule has 0 amide bonds. The molecule has 0 aliphatic heterocycles. The van der Waals surface area contributed by atoms with Gasteiger partial charge in [0.05, 0.1) is 0 Å². The van der Waals surface area contributed by atoms with Crippen LogP contribution in [0, 0.1) is 0 Å². The van der Waals surface area contributed by atoms with Gasteiger partial charge in [-0.25, -0.2) is 0 Å². The Labute approximate surface area is 406 Å². The third-order valence-electron chi connectivity index (χ3n) is 11.2. The molecule has 0 rings (SSSR count). The maximum absolute atomic E-state index is 12.8. The predicted octanol–water partition coefficient (Wildman–Crippen LogP) is 17.9. The molecule has 6 heteroatoms. The van der Waals surface area contributed by atoms with Gasteiger partial charge in [-0.1, -0.05) is 239 Å². The van der Waals surface area contributed by atoms with Gasteiger partial charge in [0.2, 0.25) is 0 Å². The van der Waals surface area contributed by atoms with Gasteiger partial charge in [-0.2, -0.15) is 0 Å². The summed E-state index contributed by atoms with van der Waals surface area (Å²) in [6.07, 6.45) is 72.3. The summed E-state index contributed by atoms with van der Waals surface area (Å²) in [7, 11) is 0. The highest BCUT2D eigenvalue weighted by Gasteiger charge is 2.19. The first-order valence-corrected chi connectivity index (χ1v) is 27.0. The summed E-state index contributed by atoms with van der Waals surface area (Å²) < 4.78 is 16.7. The van der Waals surface area contributed by atoms with Crippen LogP contribution in [0.2, 0.25) is 0 Å². The number of carbonyl (C=O) groups is 3. The zero-order valence-corrected chi connectivity index (χ0v) is 42.7. The highest BCUT2D eigenvalue weighted by Crippen LogP contribution is 2.13. The molecule has 0 radical (unpaired) electrons. The number of rotatable bonds is 47. The summed E-state index contributed by atoms with van der Waals surface area (Å²) in [5.41, 5.74) is 0. The molecule has 0 saturated carbocycles. The molecule has 0 aromatic rings. The quantitative estimate of drug-likeness (QED) is 0.0199. The molecular weight excluding hydrogens is 817 g/mol. The van der Waals surface area contributed by atoms with Crippen molar-refractivity contribution in [1.82, 2.24) is 0 Å². The van der Waals surface area contributed by atoms with E-state index in [0.717, 1.165) is 70.6 Å². The maximum atomic E-state index is 12.8. The van der Waals surface area contributed by atoms with Crippen LogP contribution < -0.4 is 0 Å². The summed E-state index contributed by atoms with van der Waals surface area (Å²) in [4.78, 5) is 38.0. The Morgan fingerprint density at radius 2 is 0.682 bits per heavy atom. The zero-order chi connectivity index (χ0) is 47.9. The Morgan fingerprint density at radius 3 is 1.17 bits per heavy atom. The second-order valence-electron chi connectivity index (χ2n) is 17.5. The van der Waals surface area contributed by atoms with E-state index in [4.69, 9.17) is 14.2 Å². The lowest BCUT2D eigenvalue weighted by Crippen LogP contribution is -2.30. The third kappa shape index (κ3) is 51.1. The van der Waals surface area contributed by atoms with Crippen LogP contribution in [0.1, 0.15) is 233 Å². The average molecular weight is 915 g/mol. The van der Waals surface area contributed by atoms with E-state index in [1.54, 1.807) is 0 Å². The summed E-state index contributed by atoms with van der Waals surface area (Å²) in [5.74, 6) is -1.04. The van der Waals surface area contributed by atoms with Crippen LogP contribution in [0.5, 0.6) is 0 Å². The fourth-order valence-electron chi connectivity index (χ4n) is 7.11. The number of unbranched alkanes of at least 4 members (excludes halogenated alkanes) is 23. The maximum Gasteiger partial charge on any atom is 0.306 e. The lowest BCUT2D eigenvalue weighted by molar-refractivity contribution is -0.166. The summed E-state index contributed by atoms with van der Waals surface area (Å²) in [6, 6.07) is 0. The van der Waals surface area contributed by atoms with Crippen molar-refractivity contribution in [3.05, 3.63) is 109 Å². The number of hydrogen-bond donors (Lipinski definition) is 0. The molecule has 66 heavy (non-hydrogen) atoms. The Kier molecular flexibility index (Phi) is 50.5. The molecule has 0 N–H and O–H groups in total. The van der Waals surface area contributed by atoms with Crippen LogP contribution >= 0.6 is 0 Å². The molecule has 1 atom stereocenters. The van der Waals surface area contributed by atoms with E-state index in [0.29, 0.717) is 19.3 Å². The number of hydrogen-bond acceptors (Lipinski definition) is 6. The van der Waals surface area contributed by atoms with Gasteiger partial charge >= 0.3 is 17.9 Å². The number of carbonyl (C=O) groups excluding carboxylic acids is 3. The molecule has 1 unspecified atom stereocenters. The van der Waals surface area contributed by atoms with E-state index >= 15 is 0 Å². The molecule has 0 spiro atoms. The van der Waals surface area contributed by atoms with Crippen LogP contribution in [-0.2, 0) is 28.6 Å². The topological polar surface area (TPSA) is 78.9 Å². The molecule has 0 heterocycles. The van der Waals surface area contributed by atoms with E-state index in [9.17, 15) is 14.4 Å². The van der Waals surface area contributed by atoms with Crippen molar-refractivity contribution in [2.24, 2.45) is 0 Å². The van der Waals surface area contributed by atoms with Gasteiger partial charge in [-0.3, -0.25) is 14.4 Å². The lowest BCUT2D eigenvalue weighted by atomic mass is 10.1. The van der Waals surface area contributed by atoms with Gasteiger partial charge in [0.15, 0.2) is 6.10 Å². The van der Waals surface area contributed by atoms with Crippen molar-refractivity contribution in [3.8, 4) is 0 Å². The van der Waals surface area contributed by atoms with Gasteiger partial charge < -0.3 is 14.2 Å². The summed E-state index contributed by atoms with van der Waals surface area (Å²) in [6.45, 7) is 6.38. The zero-order valence-electron chi connectivity index (χ0n) is 42.7. The highest BCUT2D eigenvalue weighted by molar-refractivity contribution is 5.71. The van der Waals surface area contributed by atoms with Crippen molar-refractivity contribution in [2.75, 3.05) is 13.2 Å². The van der Waals surface area contributed by atoms with Gasteiger partial charge in [-0.05, 0) is 83.5 Å². The smallest absolute Gasteiger partial charge is 0.306 e. The molecule has 374 valence electrons. The fraction of sp³-hybridized carbons (Fsp3) is 0.650. The lowest BCUT2D eigenvalue weighted by Gasteiger charge is -2.18. The normalized spacial score (nSPS) is 13.0. The average Bonchev–Trinajstić information content (AvgIpc) is 3.31. The van der Waals surface area contributed by atoms with E-state index in [-0.39, 0.29) is 44.0 Å². The highest BCUT2D eigenvalue weighted by atomic mass is 16.6.